The lowest BCUT2D eigenvalue weighted by Crippen LogP contribution is -2.53. The zero-order valence-corrected chi connectivity index (χ0v) is 60.1. The number of ether oxygens (including phenoxy) is 6. The summed E-state index contributed by atoms with van der Waals surface area (Å²) in [5.74, 6) is -3.57. The normalized spacial score (nSPS) is 16.1. The highest BCUT2D eigenvalue weighted by atomic mass is 33.1. The highest BCUT2D eigenvalue weighted by Crippen LogP contribution is 2.37. The Labute approximate surface area is 581 Å². The number of benzene rings is 4. The molecule has 97 heavy (non-hydrogen) atoms. The number of hydrogen-bond donors (Lipinski definition) is 2. The third-order valence-electron chi connectivity index (χ3n) is 17.9. The van der Waals surface area contributed by atoms with Gasteiger partial charge < -0.3 is 48.9 Å². The van der Waals surface area contributed by atoms with E-state index in [-0.39, 0.29) is 63.2 Å². The van der Waals surface area contributed by atoms with Crippen LogP contribution in [-0.4, -0.2) is 141 Å². The van der Waals surface area contributed by atoms with Gasteiger partial charge in [0.1, 0.15) is 29.3 Å². The molecule has 1 unspecified atom stereocenters. The van der Waals surface area contributed by atoms with Crippen LogP contribution < -0.4 is 29.6 Å². The van der Waals surface area contributed by atoms with E-state index in [1.165, 1.54) is 38.1 Å². The largest absolute Gasteiger partial charge is 0.493 e. The number of nitrogens with zero attached hydrogens (tertiary/aromatic N) is 3. The van der Waals surface area contributed by atoms with Crippen molar-refractivity contribution in [1.29, 1.82) is 0 Å². The summed E-state index contributed by atoms with van der Waals surface area (Å²) in [6.45, 7) is 8.75. The lowest BCUT2D eigenvalue weighted by molar-refractivity contribution is -0.165. The van der Waals surface area contributed by atoms with Gasteiger partial charge in [-0.15, -0.1) is 0 Å². The van der Waals surface area contributed by atoms with Crippen LogP contribution in [-0.2, 0) is 69.5 Å². The molecular formula is C72H91N5O16S4. The number of nitrogens with one attached hydrogen (secondary N) is 2. The molecule has 4 amide bonds. The van der Waals surface area contributed by atoms with Crippen molar-refractivity contribution in [1.82, 2.24) is 14.8 Å². The Hall–Kier alpha value is -7.61. The Kier molecular flexibility index (Phi) is 29.1. The molecule has 524 valence electrons. The van der Waals surface area contributed by atoms with Gasteiger partial charge in [0.2, 0.25) is 32.3 Å². The van der Waals surface area contributed by atoms with Crippen molar-refractivity contribution < 1.29 is 75.2 Å². The summed E-state index contributed by atoms with van der Waals surface area (Å²) in [5, 5.41) is 6.63. The minimum absolute atomic E-state index is 0.0854. The third-order valence-corrected chi connectivity index (χ3v) is 23.6. The molecule has 21 nitrogen and oxygen atoms in total. The maximum absolute atomic E-state index is 14.6. The number of amides is 4. The van der Waals surface area contributed by atoms with Crippen molar-refractivity contribution in [2.24, 2.45) is 10.8 Å². The summed E-state index contributed by atoms with van der Waals surface area (Å²) < 4.78 is 62.1. The zero-order chi connectivity index (χ0) is 70.3. The maximum atomic E-state index is 14.6. The molecule has 0 spiro atoms. The van der Waals surface area contributed by atoms with E-state index in [1.54, 1.807) is 116 Å². The Morgan fingerprint density at radius 3 is 1.61 bits per heavy atom. The van der Waals surface area contributed by atoms with E-state index < -0.39 is 96.7 Å². The molecule has 7 rings (SSSR count). The minimum atomic E-state index is -4.09. The summed E-state index contributed by atoms with van der Waals surface area (Å²) >= 11 is 0. The molecule has 2 N–H and O–H groups in total. The first-order valence-corrected chi connectivity index (χ1v) is 38.3. The van der Waals surface area contributed by atoms with Crippen LogP contribution >= 0.6 is 32.4 Å². The molecule has 25 heteroatoms. The Bertz CT molecular complexity index is 3670. The number of Topliss-reactive ketones (excluding diaryl/α,β-unsaturated/α-hetero) is 2. The van der Waals surface area contributed by atoms with Crippen LogP contribution in [0.25, 0.3) is 0 Å². The van der Waals surface area contributed by atoms with Crippen LogP contribution in [0.2, 0.25) is 0 Å². The topological polar surface area (TPSA) is 270 Å². The molecule has 2 saturated heterocycles. The first kappa shape index (κ1) is 76.8. The van der Waals surface area contributed by atoms with Gasteiger partial charge in [0.25, 0.3) is 11.8 Å². The van der Waals surface area contributed by atoms with Crippen LogP contribution in [0, 0.1) is 10.8 Å². The number of pyridine rings is 1. The van der Waals surface area contributed by atoms with Gasteiger partial charge in [-0.05, 0) is 194 Å². The average molecular weight is 1410 g/mol. The van der Waals surface area contributed by atoms with E-state index in [0.29, 0.717) is 108 Å². The van der Waals surface area contributed by atoms with Gasteiger partial charge in [-0.3, -0.25) is 28.8 Å². The number of ketones is 2. The second kappa shape index (κ2) is 36.8. The first-order chi connectivity index (χ1) is 46.4. The molecule has 0 radical (unpaired) electrons. The molecule has 2 aliphatic heterocycles. The van der Waals surface area contributed by atoms with Gasteiger partial charge in [0.15, 0.2) is 23.0 Å². The number of esters is 2. The predicted molar refractivity (Wildman–Crippen MR) is 377 cm³/mol. The summed E-state index contributed by atoms with van der Waals surface area (Å²) in [7, 11) is 5.60. The first-order valence-electron chi connectivity index (χ1n) is 32.9. The molecule has 5 atom stereocenters. The molecule has 1 aromatic heterocycles. The molecule has 4 aromatic carbocycles. The SMILES string of the molecule is CCC(C)(C)C(=O)C(=O)N1CCCC[C@H]1C(=O)O[C@H](CCc1ccc(OC)c(OC)c1)c1cccc(NC(=O)CSS(=O)(=O)CCC(C)(CC)C(=O)C(=O)N2CCCC[C@H]2C(=O)O[C@H](CCc2ccc(OC)c(OC)c2)c2cccc(NC(=O)CCCSSc3ccccn3)c2)c1. The van der Waals surface area contributed by atoms with E-state index in [4.69, 9.17) is 28.4 Å². The Balaban J connectivity index is 0.987. The maximum Gasteiger partial charge on any atom is 0.329 e. The second-order valence-electron chi connectivity index (χ2n) is 24.9. The highest BCUT2D eigenvalue weighted by Gasteiger charge is 2.45. The monoisotopic (exact) mass is 1410 g/mol. The van der Waals surface area contributed by atoms with Crippen molar-refractivity contribution in [3.63, 3.8) is 0 Å². The van der Waals surface area contributed by atoms with Gasteiger partial charge in [-0.1, -0.05) is 87.9 Å². The summed E-state index contributed by atoms with van der Waals surface area (Å²) in [4.78, 5) is 119. The molecule has 0 saturated carbocycles. The second-order valence-corrected chi connectivity index (χ2v) is 31.7. The average Bonchev–Trinajstić information content (AvgIpc) is 0.822. The highest BCUT2D eigenvalue weighted by molar-refractivity contribution is 8.76. The fourth-order valence-corrected chi connectivity index (χ4v) is 16.0. The zero-order valence-electron chi connectivity index (χ0n) is 56.9. The van der Waals surface area contributed by atoms with Gasteiger partial charge in [-0.25, -0.2) is 23.0 Å². The van der Waals surface area contributed by atoms with Crippen molar-refractivity contribution in [3.8, 4) is 23.0 Å². The number of rotatable bonds is 36. The van der Waals surface area contributed by atoms with Crippen molar-refractivity contribution >= 4 is 99.8 Å². The number of methoxy groups -OCH3 is 4. The van der Waals surface area contributed by atoms with Crippen molar-refractivity contribution in [2.45, 2.75) is 160 Å². The van der Waals surface area contributed by atoms with Gasteiger partial charge in [0.05, 0.1) is 39.9 Å². The number of carbonyl (C=O) groups excluding carboxylic acids is 8. The van der Waals surface area contributed by atoms with Crippen LogP contribution in [0.3, 0.4) is 0 Å². The predicted octanol–water partition coefficient (Wildman–Crippen LogP) is 12.6. The Morgan fingerprint density at radius 1 is 0.608 bits per heavy atom. The number of carbonyl (C=O) groups is 8. The van der Waals surface area contributed by atoms with E-state index in [0.717, 1.165) is 21.9 Å². The van der Waals surface area contributed by atoms with E-state index in [1.807, 2.05) is 49.4 Å². The lowest BCUT2D eigenvalue weighted by Gasteiger charge is -2.37. The lowest BCUT2D eigenvalue weighted by atomic mass is 9.79. The number of anilines is 2. The van der Waals surface area contributed by atoms with Crippen molar-refractivity contribution in [3.05, 3.63) is 132 Å². The Morgan fingerprint density at radius 2 is 1.12 bits per heavy atom. The molecule has 5 aromatic rings. The number of aromatic nitrogens is 1. The van der Waals surface area contributed by atoms with Crippen LogP contribution in [0.1, 0.15) is 153 Å². The number of piperidine rings is 2. The van der Waals surface area contributed by atoms with Crippen LogP contribution in [0.15, 0.2) is 114 Å². The summed E-state index contributed by atoms with van der Waals surface area (Å²) in [5.41, 5.74) is 1.19. The van der Waals surface area contributed by atoms with Gasteiger partial charge >= 0.3 is 11.9 Å². The third kappa shape index (κ3) is 21.9. The van der Waals surface area contributed by atoms with Gasteiger partial charge in [0, 0.05) is 53.7 Å². The number of aryl methyl sites for hydroxylation is 2. The molecule has 3 heterocycles. The van der Waals surface area contributed by atoms with E-state index in [9.17, 15) is 46.8 Å². The smallest absolute Gasteiger partial charge is 0.329 e. The van der Waals surface area contributed by atoms with Gasteiger partial charge in [-0.2, -0.15) is 0 Å². The van der Waals surface area contributed by atoms with Crippen LogP contribution in [0.5, 0.6) is 23.0 Å². The van der Waals surface area contributed by atoms with E-state index >= 15 is 0 Å². The molecule has 2 fully saturated rings. The molecule has 0 aliphatic carbocycles. The summed E-state index contributed by atoms with van der Waals surface area (Å²) in [6, 6.07) is 28.2. The fraction of sp³-hybridized carbons (Fsp3) is 0.486. The van der Waals surface area contributed by atoms with E-state index in [2.05, 4.69) is 15.6 Å². The quantitative estimate of drug-likeness (QED) is 0.0163. The van der Waals surface area contributed by atoms with Crippen LogP contribution in [0.4, 0.5) is 11.4 Å². The molecular weight excluding hydrogens is 1320 g/mol. The minimum Gasteiger partial charge on any atom is -0.493 e. The van der Waals surface area contributed by atoms with Crippen molar-refractivity contribution in [2.75, 3.05) is 69.4 Å². The fourth-order valence-electron chi connectivity index (χ4n) is 11.3. The standard InChI is InChI=1S/C72H91N5O16S4/c1-10-71(3,4)65(80)67(82)76-39-16-13-25-54(76)69(84)92-57(34-30-49-32-36-59(89-7)61(44-49)91-9)51-22-19-24-53(46-51)75-63(79)47-95-97(86,87)42-37-72(5,11-2)66(81)68(83)77-40-17-14-26-55(77)70(85)93-56(33-29-48-31-35-58(88-6)60(43-48)90-8)50-21-18-23-52(45-50)74-62(78)27-20-41-94-96-64-28-12-15-38-73-64/h12,15,18-19,21-24,28,31-32,35-36,38,43-46,54-57H,10-11,13-14,16-17,20,25-27,29-30,33-34,37,39-42,47H2,1-9H3,(H,74,78)(H,75,79)/t54-,55-,56+,57+,72?/m0/s1. The summed E-state index contributed by atoms with van der Waals surface area (Å²) in [6.07, 6.45) is 5.35. The number of hydrogen-bond acceptors (Lipinski definition) is 20. The molecule has 0 bridgehead atoms. The molecule has 2 aliphatic rings. The number of likely N-dealkylation sites (tertiary alicyclic amines) is 2.